The second-order valence-corrected chi connectivity index (χ2v) is 4.14. The van der Waals surface area contributed by atoms with Gasteiger partial charge in [0.15, 0.2) is 0 Å². The first kappa shape index (κ1) is 11.8. The normalized spacial score (nSPS) is 11.5. The molecule has 1 aromatic carbocycles. The molecule has 0 saturated carbocycles. The smallest absolute Gasteiger partial charge is 0.148 e. The third kappa shape index (κ3) is 3.09. The summed E-state index contributed by atoms with van der Waals surface area (Å²) in [6, 6.07) is 4.70. The van der Waals surface area contributed by atoms with Crippen LogP contribution in [0.3, 0.4) is 0 Å². The minimum absolute atomic E-state index is 0.140. The molecule has 1 rings (SSSR count). The molecule has 0 heterocycles. The SMILES string of the molecule is COCC(C)(C)Nc1cccc(F)c1N. The average Bonchev–Trinajstić information content (AvgIpc) is 2.12. The number of nitrogen functional groups attached to an aromatic ring is 1. The van der Waals surface area contributed by atoms with Crippen LogP contribution >= 0.6 is 0 Å². The van der Waals surface area contributed by atoms with Crippen molar-refractivity contribution in [2.75, 3.05) is 24.8 Å². The largest absolute Gasteiger partial charge is 0.395 e. The molecule has 0 aliphatic carbocycles. The Bertz CT molecular complexity index is 339. The van der Waals surface area contributed by atoms with Crippen LogP contribution in [0.4, 0.5) is 15.8 Å². The highest BCUT2D eigenvalue weighted by Gasteiger charge is 2.18. The molecule has 4 heteroatoms. The number of methoxy groups -OCH3 is 1. The van der Waals surface area contributed by atoms with Crippen LogP contribution in [0.25, 0.3) is 0 Å². The fourth-order valence-electron chi connectivity index (χ4n) is 1.41. The van der Waals surface area contributed by atoms with Gasteiger partial charge in [0.2, 0.25) is 0 Å². The van der Waals surface area contributed by atoms with Gasteiger partial charge in [-0.15, -0.1) is 0 Å². The minimum atomic E-state index is -0.409. The summed E-state index contributed by atoms with van der Waals surface area (Å²) in [4.78, 5) is 0. The predicted octanol–water partition coefficient (Wildman–Crippen LogP) is 2.24. The molecule has 0 aliphatic rings. The summed E-state index contributed by atoms with van der Waals surface area (Å²) in [6.45, 7) is 4.44. The minimum Gasteiger partial charge on any atom is -0.395 e. The zero-order valence-corrected chi connectivity index (χ0v) is 9.30. The fraction of sp³-hybridized carbons (Fsp3) is 0.455. The van der Waals surface area contributed by atoms with E-state index in [0.29, 0.717) is 12.3 Å². The number of benzene rings is 1. The molecule has 0 radical (unpaired) electrons. The number of nitrogens with one attached hydrogen (secondary N) is 1. The molecule has 0 saturated heterocycles. The number of para-hydroxylation sites is 1. The van der Waals surface area contributed by atoms with Gasteiger partial charge < -0.3 is 15.8 Å². The third-order valence-electron chi connectivity index (χ3n) is 2.03. The van der Waals surface area contributed by atoms with Crippen molar-refractivity contribution in [1.82, 2.24) is 0 Å². The molecule has 15 heavy (non-hydrogen) atoms. The number of anilines is 2. The van der Waals surface area contributed by atoms with Gasteiger partial charge in [-0.3, -0.25) is 0 Å². The highest BCUT2D eigenvalue weighted by atomic mass is 19.1. The van der Waals surface area contributed by atoms with E-state index in [1.807, 2.05) is 13.8 Å². The van der Waals surface area contributed by atoms with Crippen LogP contribution in [-0.4, -0.2) is 19.3 Å². The molecule has 0 fully saturated rings. The molecule has 0 atom stereocenters. The number of nitrogens with two attached hydrogens (primary N) is 1. The monoisotopic (exact) mass is 212 g/mol. The topological polar surface area (TPSA) is 47.3 Å². The van der Waals surface area contributed by atoms with Crippen LogP contribution < -0.4 is 11.1 Å². The van der Waals surface area contributed by atoms with Crippen molar-refractivity contribution in [2.24, 2.45) is 0 Å². The predicted molar refractivity (Wildman–Crippen MR) is 60.4 cm³/mol. The van der Waals surface area contributed by atoms with Gasteiger partial charge in [0.05, 0.1) is 23.5 Å². The zero-order chi connectivity index (χ0) is 11.5. The maximum Gasteiger partial charge on any atom is 0.148 e. The number of rotatable bonds is 4. The first-order valence-corrected chi connectivity index (χ1v) is 4.77. The highest BCUT2D eigenvalue weighted by molar-refractivity contribution is 5.67. The van der Waals surface area contributed by atoms with E-state index in [0.717, 1.165) is 0 Å². The maximum atomic E-state index is 13.1. The Morgan fingerprint density at radius 2 is 2.13 bits per heavy atom. The van der Waals surface area contributed by atoms with Crippen LogP contribution in [0, 0.1) is 5.82 Å². The fourth-order valence-corrected chi connectivity index (χ4v) is 1.41. The molecular formula is C11H17FN2O. The molecule has 0 aromatic heterocycles. The number of ether oxygens (including phenoxy) is 1. The highest BCUT2D eigenvalue weighted by Crippen LogP contribution is 2.24. The van der Waals surface area contributed by atoms with Gasteiger partial charge in [-0.25, -0.2) is 4.39 Å². The first-order chi connectivity index (χ1) is 6.96. The van der Waals surface area contributed by atoms with Gasteiger partial charge in [-0.2, -0.15) is 0 Å². The summed E-state index contributed by atoms with van der Waals surface area (Å²) < 4.78 is 18.2. The van der Waals surface area contributed by atoms with E-state index in [1.54, 1.807) is 19.2 Å². The van der Waals surface area contributed by atoms with Crippen molar-refractivity contribution >= 4 is 11.4 Å². The number of hydrogen-bond donors (Lipinski definition) is 2. The summed E-state index contributed by atoms with van der Waals surface area (Å²) in [5.74, 6) is -0.409. The molecule has 0 spiro atoms. The molecule has 1 aromatic rings. The Kier molecular flexibility index (Phi) is 3.52. The molecule has 84 valence electrons. The van der Waals surface area contributed by atoms with E-state index in [1.165, 1.54) is 6.07 Å². The van der Waals surface area contributed by atoms with Gasteiger partial charge >= 0.3 is 0 Å². The second kappa shape index (κ2) is 4.49. The maximum absolute atomic E-state index is 13.1. The van der Waals surface area contributed by atoms with Crippen molar-refractivity contribution in [1.29, 1.82) is 0 Å². The van der Waals surface area contributed by atoms with E-state index >= 15 is 0 Å². The van der Waals surface area contributed by atoms with Crippen molar-refractivity contribution < 1.29 is 9.13 Å². The molecule has 0 aliphatic heterocycles. The lowest BCUT2D eigenvalue weighted by atomic mass is 10.1. The zero-order valence-electron chi connectivity index (χ0n) is 9.30. The molecule has 0 unspecified atom stereocenters. The van der Waals surface area contributed by atoms with Gasteiger partial charge in [-0.1, -0.05) is 6.07 Å². The van der Waals surface area contributed by atoms with Gasteiger partial charge in [-0.05, 0) is 26.0 Å². The molecule has 3 N–H and O–H groups in total. The lowest BCUT2D eigenvalue weighted by Crippen LogP contribution is -2.36. The summed E-state index contributed by atoms with van der Waals surface area (Å²) in [6.07, 6.45) is 0. The molecule has 3 nitrogen and oxygen atoms in total. The van der Waals surface area contributed by atoms with Crippen molar-refractivity contribution in [2.45, 2.75) is 19.4 Å². The van der Waals surface area contributed by atoms with Gasteiger partial charge in [0.1, 0.15) is 5.82 Å². The quantitative estimate of drug-likeness (QED) is 0.752. The Hall–Kier alpha value is -1.29. The van der Waals surface area contributed by atoms with Gasteiger partial charge in [0.25, 0.3) is 0 Å². The van der Waals surface area contributed by atoms with Crippen molar-refractivity contribution in [3.8, 4) is 0 Å². The second-order valence-electron chi connectivity index (χ2n) is 4.14. The Morgan fingerprint density at radius 3 is 2.73 bits per heavy atom. The van der Waals surface area contributed by atoms with Crippen LogP contribution in [0.5, 0.6) is 0 Å². The third-order valence-corrected chi connectivity index (χ3v) is 2.03. The van der Waals surface area contributed by atoms with Crippen molar-refractivity contribution in [3.05, 3.63) is 24.0 Å². The van der Waals surface area contributed by atoms with Crippen molar-refractivity contribution in [3.63, 3.8) is 0 Å². The van der Waals surface area contributed by atoms with Crippen LogP contribution in [0.1, 0.15) is 13.8 Å². The average molecular weight is 212 g/mol. The number of halogens is 1. The summed E-state index contributed by atoms with van der Waals surface area (Å²) in [7, 11) is 1.62. The Balaban J connectivity index is 2.85. The van der Waals surface area contributed by atoms with Gasteiger partial charge in [0, 0.05) is 7.11 Å². The number of hydrogen-bond acceptors (Lipinski definition) is 3. The summed E-state index contributed by atoms with van der Waals surface area (Å²) in [5, 5.41) is 3.14. The van der Waals surface area contributed by atoms with E-state index in [9.17, 15) is 4.39 Å². The molecular weight excluding hydrogens is 195 g/mol. The lowest BCUT2D eigenvalue weighted by Gasteiger charge is -2.27. The lowest BCUT2D eigenvalue weighted by molar-refractivity contribution is 0.158. The Morgan fingerprint density at radius 1 is 1.47 bits per heavy atom. The van der Waals surface area contributed by atoms with Crippen LogP contribution in [0.2, 0.25) is 0 Å². The molecule has 0 amide bonds. The van der Waals surface area contributed by atoms with E-state index in [2.05, 4.69) is 5.32 Å². The summed E-state index contributed by atoms with van der Waals surface area (Å²) in [5.41, 5.74) is 6.06. The van der Waals surface area contributed by atoms with E-state index in [4.69, 9.17) is 10.5 Å². The first-order valence-electron chi connectivity index (χ1n) is 4.77. The van der Waals surface area contributed by atoms with E-state index < -0.39 is 5.82 Å². The van der Waals surface area contributed by atoms with E-state index in [-0.39, 0.29) is 11.2 Å². The van der Waals surface area contributed by atoms with Crippen LogP contribution in [-0.2, 0) is 4.74 Å². The van der Waals surface area contributed by atoms with Crippen LogP contribution in [0.15, 0.2) is 18.2 Å². The summed E-state index contributed by atoms with van der Waals surface area (Å²) >= 11 is 0. The standard InChI is InChI=1S/C11H17FN2O/c1-11(2,7-15-3)14-9-6-4-5-8(12)10(9)13/h4-6,14H,7,13H2,1-3H3. The molecule has 0 bridgehead atoms. The Labute approximate surface area is 89.4 Å².